The Morgan fingerprint density at radius 2 is 1.50 bits per heavy atom. The number of hydrogen-bond donors (Lipinski definition) is 3. The smallest absolute Gasteiger partial charge is 0.335 e. The first-order valence-corrected chi connectivity index (χ1v) is 8.28. The van der Waals surface area contributed by atoms with Crippen LogP contribution in [0.25, 0.3) is 21.9 Å². The Kier molecular flexibility index (Phi) is 3.75. The molecule has 0 aliphatic carbocycles. The summed E-state index contributed by atoms with van der Waals surface area (Å²) in [5, 5.41) is 19.8. The molecule has 0 aromatic heterocycles. The second kappa shape index (κ2) is 5.63. The van der Waals surface area contributed by atoms with E-state index in [1.807, 2.05) is 0 Å². The van der Waals surface area contributed by atoms with Gasteiger partial charge in [0.05, 0.1) is 10.5 Å². The fraction of sp³-hybridized carbons (Fsp3) is 0. The molecule has 0 saturated heterocycles. The number of phenolic OH excluding ortho intramolecular Hbond substituents is 1. The van der Waals surface area contributed by atoms with Gasteiger partial charge in [-0.3, -0.25) is 4.55 Å². The summed E-state index contributed by atoms with van der Waals surface area (Å²) < 4.78 is 31.5. The Hall–Kier alpha value is -2.90. The predicted molar refractivity (Wildman–Crippen MR) is 87.8 cm³/mol. The van der Waals surface area contributed by atoms with Crippen LogP contribution in [-0.2, 0) is 10.1 Å². The lowest BCUT2D eigenvalue weighted by atomic mass is 10.00. The van der Waals surface area contributed by atoms with Crippen molar-refractivity contribution < 1.29 is 28.0 Å². The molecule has 3 N–H and O–H groups in total. The molecule has 7 heteroatoms. The van der Waals surface area contributed by atoms with Crippen LogP contribution in [0.15, 0.2) is 59.5 Å². The largest absolute Gasteiger partial charge is 0.507 e. The molecule has 0 unspecified atom stereocenters. The Bertz CT molecular complexity index is 1050. The van der Waals surface area contributed by atoms with Gasteiger partial charge in [-0.05, 0) is 40.8 Å². The standard InChI is InChI=1S/C17H12O6S/c18-16-9-14(24(21,22)23)7-13-6-5-12(8-15(13)16)10-1-3-11(4-2-10)17(19)20/h1-9,18H,(H,19,20)(H,21,22,23). The monoisotopic (exact) mass is 344 g/mol. The molecule has 3 aromatic carbocycles. The summed E-state index contributed by atoms with van der Waals surface area (Å²) in [6.07, 6.45) is 0. The van der Waals surface area contributed by atoms with Crippen LogP contribution in [0, 0.1) is 0 Å². The van der Waals surface area contributed by atoms with E-state index < -0.39 is 16.1 Å². The molecule has 0 atom stereocenters. The molecule has 122 valence electrons. The van der Waals surface area contributed by atoms with Crippen molar-refractivity contribution in [2.45, 2.75) is 4.90 Å². The fourth-order valence-corrected chi connectivity index (χ4v) is 2.98. The maximum Gasteiger partial charge on any atom is 0.335 e. The number of carboxylic acids is 1. The molecule has 0 aliphatic heterocycles. The first-order valence-electron chi connectivity index (χ1n) is 6.84. The number of hydrogen-bond acceptors (Lipinski definition) is 4. The molecule has 0 amide bonds. The van der Waals surface area contributed by atoms with Crippen molar-refractivity contribution in [3.05, 3.63) is 60.2 Å². The SMILES string of the molecule is O=C(O)c1ccc(-c2ccc3cc(S(=O)(=O)O)cc(O)c3c2)cc1. The molecule has 0 fully saturated rings. The van der Waals surface area contributed by atoms with Gasteiger partial charge in [0.25, 0.3) is 10.1 Å². The molecule has 0 aliphatic rings. The number of phenols is 1. The van der Waals surface area contributed by atoms with Gasteiger partial charge in [0.1, 0.15) is 5.75 Å². The highest BCUT2D eigenvalue weighted by Gasteiger charge is 2.14. The zero-order chi connectivity index (χ0) is 17.5. The molecule has 0 radical (unpaired) electrons. The van der Waals surface area contributed by atoms with Gasteiger partial charge < -0.3 is 10.2 Å². The maximum absolute atomic E-state index is 11.2. The third kappa shape index (κ3) is 2.94. The van der Waals surface area contributed by atoms with Gasteiger partial charge in [0.15, 0.2) is 0 Å². The zero-order valence-corrected chi connectivity index (χ0v) is 13.0. The van der Waals surface area contributed by atoms with Crippen molar-refractivity contribution in [2.75, 3.05) is 0 Å². The lowest BCUT2D eigenvalue weighted by Gasteiger charge is -2.08. The van der Waals surface area contributed by atoms with Crippen molar-refractivity contribution in [1.82, 2.24) is 0 Å². The minimum atomic E-state index is -4.41. The first-order chi connectivity index (χ1) is 11.3. The van der Waals surface area contributed by atoms with E-state index in [0.717, 1.165) is 17.2 Å². The van der Waals surface area contributed by atoms with Gasteiger partial charge in [0, 0.05) is 11.5 Å². The number of carboxylic acid groups (broad SMARTS) is 1. The predicted octanol–water partition coefficient (Wildman–Crippen LogP) is 3.16. The van der Waals surface area contributed by atoms with E-state index >= 15 is 0 Å². The summed E-state index contributed by atoms with van der Waals surface area (Å²) in [5.41, 5.74) is 1.65. The van der Waals surface area contributed by atoms with Crippen molar-refractivity contribution in [3.63, 3.8) is 0 Å². The van der Waals surface area contributed by atoms with E-state index in [1.54, 1.807) is 30.3 Å². The number of fused-ring (bicyclic) bond motifs is 1. The Morgan fingerprint density at radius 3 is 2.08 bits per heavy atom. The van der Waals surface area contributed by atoms with Crippen LogP contribution in [-0.4, -0.2) is 29.2 Å². The van der Waals surface area contributed by atoms with Gasteiger partial charge >= 0.3 is 5.97 Å². The quantitative estimate of drug-likeness (QED) is 0.629. The number of aromatic carboxylic acids is 1. The second-order valence-corrected chi connectivity index (χ2v) is 6.66. The van der Waals surface area contributed by atoms with E-state index in [9.17, 15) is 18.3 Å². The van der Waals surface area contributed by atoms with Crippen LogP contribution in [0.2, 0.25) is 0 Å². The van der Waals surface area contributed by atoms with Crippen LogP contribution >= 0.6 is 0 Å². The van der Waals surface area contributed by atoms with Crippen LogP contribution < -0.4 is 0 Å². The summed E-state index contributed by atoms with van der Waals surface area (Å²) in [6.45, 7) is 0. The highest BCUT2D eigenvalue weighted by Crippen LogP contribution is 2.32. The fourth-order valence-electron chi connectivity index (χ4n) is 2.45. The maximum atomic E-state index is 11.2. The van der Waals surface area contributed by atoms with Gasteiger partial charge in [-0.25, -0.2) is 4.79 Å². The van der Waals surface area contributed by atoms with Gasteiger partial charge in [-0.1, -0.05) is 24.3 Å². The molecular weight excluding hydrogens is 332 g/mol. The number of carbonyl (C=O) groups is 1. The van der Waals surface area contributed by atoms with Gasteiger partial charge in [0.2, 0.25) is 0 Å². The average molecular weight is 344 g/mol. The molecule has 3 aromatic rings. The van der Waals surface area contributed by atoms with E-state index in [1.165, 1.54) is 18.2 Å². The number of rotatable bonds is 3. The van der Waals surface area contributed by atoms with Crippen molar-refractivity contribution in [1.29, 1.82) is 0 Å². The van der Waals surface area contributed by atoms with Crippen LogP contribution in [0.1, 0.15) is 10.4 Å². The number of aromatic hydroxyl groups is 1. The molecule has 0 saturated carbocycles. The lowest BCUT2D eigenvalue weighted by molar-refractivity contribution is 0.0697. The van der Waals surface area contributed by atoms with Crippen LogP contribution in [0.5, 0.6) is 5.75 Å². The molecule has 6 nitrogen and oxygen atoms in total. The molecular formula is C17H12O6S. The van der Waals surface area contributed by atoms with Gasteiger partial charge in [-0.15, -0.1) is 0 Å². The van der Waals surface area contributed by atoms with E-state index in [4.69, 9.17) is 9.66 Å². The van der Waals surface area contributed by atoms with Gasteiger partial charge in [-0.2, -0.15) is 8.42 Å². The molecule has 0 spiro atoms. The van der Waals surface area contributed by atoms with Crippen molar-refractivity contribution >= 4 is 26.9 Å². The summed E-state index contributed by atoms with van der Waals surface area (Å²) in [4.78, 5) is 10.5. The number of benzene rings is 3. The molecule has 0 heterocycles. The summed E-state index contributed by atoms with van der Waals surface area (Å²) in [7, 11) is -4.41. The van der Waals surface area contributed by atoms with E-state index in [2.05, 4.69) is 0 Å². The van der Waals surface area contributed by atoms with Crippen molar-refractivity contribution in [2.24, 2.45) is 0 Å². The van der Waals surface area contributed by atoms with E-state index in [-0.39, 0.29) is 16.2 Å². The molecule has 24 heavy (non-hydrogen) atoms. The highest BCUT2D eigenvalue weighted by molar-refractivity contribution is 7.85. The van der Waals surface area contributed by atoms with Crippen LogP contribution in [0.3, 0.4) is 0 Å². The second-order valence-electron chi connectivity index (χ2n) is 5.24. The normalized spacial score (nSPS) is 11.5. The minimum Gasteiger partial charge on any atom is -0.507 e. The highest BCUT2D eigenvalue weighted by atomic mass is 32.2. The van der Waals surface area contributed by atoms with Crippen molar-refractivity contribution in [3.8, 4) is 16.9 Å². The average Bonchev–Trinajstić information content (AvgIpc) is 2.53. The summed E-state index contributed by atoms with van der Waals surface area (Å²) in [5.74, 6) is -1.29. The Balaban J connectivity index is 2.12. The summed E-state index contributed by atoms with van der Waals surface area (Å²) in [6, 6.07) is 13.5. The Labute approximate surface area is 137 Å². The van der Waals surface area contributed by atoms with Crippen LogP contribution in [0.4, 0.5) is 0 Å². The third-order valence-electron chi connectivity index (χ3n) is 3.67. The molecule has 3 rings (SSSR count). The third-order valence-corrected chi connectivity index (χ3v) is 4.50. The zero-order valence-electron chi connectivity index (χ0n) is 12.2. The lowest BCUT2D eigenvalue weighted by Crippen LogP contribution is -1.97. The Morgan fingerprint density at radius 1 is 0.875 bits per heavy atom. The molecule has 0 bridgehead atoms. The minimum absolute atomic E-state index is 0.167. The first kappa shape index (κ1) is 16.0. The topological polar surface area (TPSA) is 112 Å². The van der Waals surface area contributed by atoms with E-state index in [0.29, 0.717) is 10.8 Å². The summed E-state index contributed by atoms with van der Waals surface area (Å²) >= 11 is 0.